The maximum atomic E-state index is 12.2. The van der Waals surface area contributed by atoms with Gasteiger partial charge in [-0.3, -0.25) is 4.79 Å². The molecule has 1 aliphatic rings. The quantitative estimate of drug-likeness (QED) is 0.872. The minimum atomic E-state index is -0.140. The van der Waals surface area contributed by atoms with Crippen LogP contribution in [0.4, 0.5) is 0 Å². The average molecular weight is 265 g/mol. The standard InChI is InChI=1S/C14H23N3O2/c1-9-10(2)19-11(17-9)8-16-13(18)12-14(3,4)6-5-7-15-12/h12,15H,5-8H2,1-4H3,(H,16,18). The van der Waals surface area contributed by atoms with Crippen LogP contribution < -0.4 is 10.6 Å². The number of hydrogen-bond acceptors (Lipinski definition) is 4. The molecule has 1 fully saturated rings. The van der Waals surface area contributed by atoms with Gasteiger partial charge in [-0.25, -0.2) is 4.98 Å². The molecule has 0 bridgehead atoms. The van der Waals surface area contributed by atoms with E-state index in [1.54, 1.807) is 0 Å². The Kier molecular flexibility index (Phi) is 3.94. The van der Waals surface area contributed by atoms with Crippen molar-refractivity contribution in [1.82, 2.24) is 15.6 Å². The Morgan fingerprint density at radius 3 is 2.84 bits per heavy atom. The largest absolute Gasteiger partial charge is 0.444 e. The number of aryl methyl sites for hydroxylation is 2. The van der Waals surface area contributed by atoms with Crippen LogP contribution in [0.3, 0.4) is 0 Å². The Morgan fingerprint density at radius 1 is 1.53 bits per heavy atom. The molecule has 1 amide bonds. The molecule has 0 saturated carbocycles. The van der Waals surface area contributed by atoms with Gasteiger partial charge < -0.3 is 15.1 Å². The first-order valence-corrected chi connectivity index (χ1v) is 6.84. The average Bonchev–Trinajstić information content (AvgIpc) is 2.65. The third kappa shape index (κ3) is 3.15. The summed E-state index contributed by atoms with van der Waals surface area (Å²) >= 11 is 0. The second kappa shape index (κ2) is 5.33. The minimum Gasteiger partial charge on any atom is -0.444 e. The van der Waals surface area contributed by atoms with Crippen molar-refractivity contribution >= 4 is 5.91 Å². The molecular weight excluding hydrogens is 242 g/mol. The Labute approximate surface area is 114 Å². The first-order chi connectivity index (χ1) is 8.90. The Morgan fingerprint density at radius 2 is 2.26 bits per heavy atom. The second-order valence-electron chi connectivity index (χ2n) is 5.95. The van der Waals surface area contributed by atoms with Crippen molar-refractivity contribution in [3.63, 3.8) is 0 Å². The van der Waals surface area contributed by atoms with Gasteiger partial charge in [0, 0.05) is 0 Å². The maximum absolute atomic E-state index is 12.2. The van der Waals surface area contributed by atoms with Gasteiger partial charge in [-0.05, 0) is 38.6 Å². The molecule has 1 atom stereocenters. The molecular formula is C14H23N3O2. The van der Waals surface area contributed by atoms with Gasteiger partial charge in [-0.15, -0.1) is 0 Å². The summed E-state index contributed by atoms with van der Waals surface area (Å²) < 4.78 is 5.46. The summed E-state index contributed by atoms with van der Waals surface area (Å²) in [6, 6.07) is -0.140. The topological polar surface area (TPSA) is 67.2 Å². The Hall–Kier alpha value is -1.36. The summed E-state index contributed by atoms with van der Waals surface area (Å²) in [5.74, 6) is 1.40. The maximum Gasteiger partial charge on any atom is 0.238 e. The fourth-order valence-electron chi connectivity index (χ4n) is 2.54. The van der Waals surface area contributed by atoms with Gasteiger partial charge in [0.15, 0.2) is 0 Å². The molecule has 1 aliphatic heterocycles. The lowest BCUT2D eigenvalue weighted by atomic mass is 9.77. The van der Waals surface area contributed by atoms with E-state index in [9.17, 15) is 4.79 Å². The first kappa shape index (κ1) is 14.1. The normalized spacial score (nSPS) is 22.2. The molecule has 1 saturated heterocycles. The molecule has 19 heavy (non-hydrogen) atoms. The molecule has 2 heterocycles. The van der Waals surface area contributed by atoms with E-state index in [-0.39, 0.29) is 17.4 Å². The molecule has 1 aromatic heterocycles. The third-order valence-corrected chi connectivity index (χ3v) is 3.88. The SMILES string of the molecule is Cc1nc(CNC(=O)C2NCCCC2(C)C)oc1C. The molecule has 2 N–H and O–H groups in total. The van der Waals surface area contributed by atoms with Crippen LogP contribution in [-0.4, -0.2) is 23.5 Å². The van der Waals surface area contributed by atoms with E-state index in [0.717, 1.165) is 30.8 Å². The molecule has 5 nitrogen and oxygen atoms in total. The zero-order chi connectivity index (χ0) is 14.0. The molecule has 0 spiro atoms. The molecule has 0 radical (unpaired) electrons. The van der Waals surface area contributed by atoms with Crippen molar-refractivity contribution in [2.24, 2.45) is 5.41 Å². The highest BCUT2D eigenvalue weighted by atomic mass is 16.4. The van der Waals surface area contributed by atoms with Crippen molar-refractivity contribution in [3.8, 4) is 0 Å². The zero-order valence-electron chi connectivity index (χ0n) is 12.2. The van der Waals surface area contributed by atoms with Gasteiger partial charge in [0.1, 0.15) is 5.76 Å². The number of amides is 1. The smallest absolute Gasteiger partial charge is 0.238 e. The van der Waals surface area contributed by atoms with Crippen LogP contribution in [0.5, 0.6) is 0 Å². The summed E-state index contributed by atoms with van der Waals surface area (Å²) in [4.78, 5) is 16.5. The lowest BCUT2D eigenvalue weighted by molar-refractivity contribution is -0.127. The third-order valence-electron chi connectivity index (χ3n) is 3.88. The molecule has 5 heteroatoms. The number of aromatic nitrogens is 1. The predicted molar refractivity (Wildman–Crippen MR) is 72.6 cm³/mol. The summed E-state index contributed by atoms with van der Waals surface area (Å²) in [7, 11) is 0. The van der Waals surface area contributed by atoms with Crippen LogP contribution in [0.15, 0.2) is 4.42 Å². The number of piperidine rings is 1. The number of carbonyl (C=O) groups is 1. The van der Waals surface area contributed by atoms with Crippen LogP contribution in [0.2, 0.25) is 0 Å². The lowest BCUT2D eigenvalue weighted by Crippen LogP contribution is -2.55. The van der Waals surface area contributed by atoms with Gasteiger partial charge in [0.05, 0.1) is 18.3 Å². The van der Waals surface area contributed by atoms with Crippen LogP contribution in [0.1, 0.15) is 44.0 Å². The van der Waals surface area contributed by atoms with Gasteiger partial charge >= 0.3 is 0 Å². The Balaban J connectivity index is 1.93. The van der Waals surface area contributed by atoms with E-state index in [4.69, 9.17) is 4.42 Å². The van der Waals surface area contributed by atoms with Crippen LogP contribution in [-0.2, 0) is 11.3 Å². The number of hydrogen-bond donors (Lipinski definition) is 2. The van der Waals surface area contributed by atoms with E-state index in [1.165, 1.54) is 0 Å². The number of rotatable bonds is 3. The van der Waals surface area contributed by atoms with E-state index < -0.39 is 0 Å². The van der Waals surface area contributed by atoms with Crippen molar-refractivity contribution in [2.45, 2.75) is 53.1 Å². The summed E-state index contributed by atoms with van der Waals surface area (Å²) in [6.07, 6.45) is 2.18. The Bertz CT molecular complexity index is 446. The molecule has 1 aromatic rings. The fraction of sp³-hybridized carbons (Fsp3) is 0.714. The summed E-state index contributed by atoms with van der Waals surface area (Å²) in [5, 5.41) is 6.21. The summed E-state index contributed by atoms with van der Waals surface area (Å²) in [6.45, 7) is 9.28. The van der Waals surface area contributed by atoms with Crippen molar-refractivity contribution < 1.29 is 9.21 Å². The molecule has 0 aliphatic carbocycles. The lowest BCUT2D eigenvalue weighted by Gasteiger charge is -2.38. The number of nitrogens with zero attached hydrogens (tertiary/aromatic N) is 1. The summed E-state index contributed by atoms with van der Waals surface area (Å²) in [5.41, 5.74) is 0.866. The van der Waals surface area contributed by atoms with E-state index in [2.05, 4.69) is 29.5 Å². The van der Waals surface area contributed by atoms with Crippen molar-refractivity contribution in [1.29, 1.82) is 0 Å². The first-order valence-electron chi connectivity index (χ1n) is 6.84. The minimum absolute atomic E-state index is 0.00917. The highest BCUT2D eigenvalue weighted by Gasteiger charge is 2.36. The second-order valence-corrected chi connectivity index (χ2v) is 5.95. The van der Waals surface area contributed by atoms with E-state index in [1.807, 2.05) is 13.8 Å². The highest BCUT2D eigenvalue weighted by Crippen LogP contribution is 2.30. The molecule has 0 aromatic carbocycles. The fourth-order valence-corrected chi connectivity index (χ4v) is 2.54. The van der Waals surface area contributed by atoms with Crippen LogP contribution in [0, 0.1) is 19.3 Å². The van der Waals surface area contributed by atoms with Crippen molar-refractivity contribution in [3.05, 3.63) is 17.3 Å². The molecule has 1 unspecified atom stereocenters. The molecule has 106 valence electrons. The predicted octanol–water partition coefficient (Wildman–Crippen LogP) is 1.69. The van der Waals surface area contributed by atoms with Gasteiger partial charge in [0.25, 0.3) is 0 Å². The molecule has 2 rings (SSSR count). The zero-order valence-corrected chi connectivity index (χ0v) is 12.2. The number of nitrogens with one attached hydrogen (secondary N) is 2. The highest BCUT2D eigenvalue weighted by molar-refractivity contribution is 5.82. The van der Waals surface area contributed by atoms with Gasteiger partial charge in [-0.1, -0.05) is 13.8 Å². The monoisotopic (exact) mass is 265 g/mol. The van der Waals surface area contributed by atoms with Crippen LogP contribution >= 0.6 is 0 Å². The van der Waals surface area contributed by atoms with Crippen molar-refractivity contribution in [2.75, 3.05) is 6.54 Å². The van der Waals surface area contributed by atoms with Gasteiger partial charge in [0.2, 0.25) is 11.8 Å². The van der Waals surface area contributed by atoms with E-state index >= 15 is 0 Å². The number of carbonyl (C=O) groups excluding carboxylic acids is 1. The number of oxazole rings is 1. The van der Waals surface area contributed by atoms with E-state index in [0.29, 0.717) is 12.4 Å². The van der Waals surface area contributed by atoms with Crippen LogP contribution in [0.25, 0.3) is 0 Å². The van der Waals surface area contributed by atoms with Gasteiger partial charge in [-0.2, -0.15) is 0 Å².